The van der Waals surface area contributed by atoms with E-state index in [2.05, 4.69) is 16.0 Å². The number of piperidine rings is 1. The lowest BCUT2D eigenvalue weighted by atomic mass is 9.70. The van der Waals surface area contributed by atoms with Crippen molar-refractivity contribution in [2.75, 3.05) is 40.4 Å². The molecular formula is C32H52ClFN4O3. The first-order valence-corrected chi connectivity index (χ1v) is 16.0. The van der Waals surface area contributed by atoms with Crippen molar-refractivity contribution in [3.63, 3.8) is 0 Å². The number of likely N-dealkylation sites (N-methyl/N-ethyl adjacent to an activating group) is 1. The van der Waals surface area contributed by atoms with Gasteiger partial charge in [-0.15, -0.1) is 0 Å². The zero-order valence-corrected chi connectivity index (χ0v) is 26.3. The molecule has 1 heterocycles. The molecule has 0 bridgehead atoms. The predicted octanol–water partition coefficient (Wildman–Crippen LogP) is 6.24. The van der Waals surface area contributed by atoms with Crippen LogP contribution < -0.4 is 16.0 Å². The molecule has 232 valence electrons. The number of unbranched alkanes of at least 4 members (excludes halogenated alkanes) is 1. The molecule has 1 saturated carbocycles. The average Bonchev–Trinajstić information content (AvgIpc) is 2.96. The first kappa shape index (κ1) is 33.6. The van der Waals surface area contributed by atoms with Crippen molar-refractivity contribution in [2.24, 2.45) is 17.8 Å². The van der Waals surface area contributed by atoms with Gasteiger partial charge in [0.1, 0.15) is 5.82 Å². The molecule has 0 radical (unpaired) electrons. The molecule has 3 rings (SSSR count). The predicted molar refractivity (Wildman–Crippen MR) is 164 cm³/mol. The van der Waals surface area contributed by atoms with Crippen molar-refractivity contribution in [1.82, 2.24) is 20.9 Å². The molecule has 41 heavy (non-hydrogen) atoms. The van der Waals surface area contributed by atoms with Crippen LogP contribution in [0.4, 0.5) is 9.18 Å². The monoisotopic (exact) mass is 594 g/mol. The molecule has 0 spiro atoms. The summed E-state index contributed by atoms with van der Waals surface area (Å²) in [7, 11) is 3.59. The van der Waals surface area contributed by atoms with Crippen LogP contribution >= 0.6 is 11.6 Å². The number of urea groups is 1. The summed E-state index contributed by atoms with van der Waals surface area (Å²) in [5.74, 6) is -0.456. The lowest BCUT2D eigenvalue weighted by molar-refractivity contribution is -0.127. The summed E-state index contributed by atoms with van der Waals surface area (Å²) < 4.78 is 21.1. The Balaban J connectivity index is 1.88. The van der Waals surface area contributed by atoms with Crippen molar-refractivity contribution < 1.29 is 18.7 Å². The summed E-state index contributed by atoms with van der Waals surface area (Å²) >= 11 is 6.30. The van der Waals surface area contributed by atoms with E-state index in [0.717, 1.165) is 38.6 Å². The Bertz CT molecular complexity index is 974. The Labute approximate surface area is 251 Å². The molecule has 1 aliphatic carbocycles. The van der Waals surface area contributed by atoms with Crippen LogP contribution in [-0.2, 0) is 15.1 Å². The van der Waals surface area contributed by atoms with E-state index >= 15 is 4.39 Å². The number of halogens is 2. The summed E-state index contributed by atoms with van der Waals surface area (Å²) in [5, 5.41) is 9.89. The SMILES string of the molecule is CNC[C@H](CC1CCCCC1)NC(=O)N1CCC[C@@H]([C@@](CCCCOC)(NC(=O)C(C)C)c2cccc(Cl)c2F)C1. The van der Waals surface area contributed by atoms with E-state index in [1.54, 1.807) is 19.2 Å². The van der Waals surface area contributed by atoms with E-state index in [1.165, 1.54) is 38.2 Å². The highest BCUT2D eigenvalue weighted by atomic mass is 35.5. The van der Waals surface area contributed by atoms with Gasteiger partial charge in [-0.2, -0.15) is 0 Å². The van der Waals surface area contributed by atoms with Gasteiger partial charge in [-0.05, 0) is 57.6 Å². The van der Waals surface area contributed by atoms with E-state index in [1.807, 2.05) is 25.8 Å². The van der Waals surface area contributed by atoms with Gasteiger partial charge in [-0.3, -0.25) is 4.79 Å². The van der Waals surface area contributed by atoms with E-state index < -0.39 is 11.4 Å². The van der Waals surface area contributed by atoms with E-state index in [4.69, 9.17) is 16.3 Å². The number of likely N-dealkylation sites (tertiary alicyclic amines) is 1. The Kier molecular flexibility index (Phi) is 13.7. The number of rotatable bonds is 14. The van der Waals surface area contributed by atoms with E-state index in [9.17, 15) is 9.59 Å². The molecule has 3 atom stereocenters. The van der Waals surface area contributed by atoms with Gasteiger partial charge in [0.2, 0.25) is 5.91 Å². The van der Waals surface area contributed by atoms with Crippen molar-refractivity contribution >= 4 is 23.5 Å². The normalized spacial score (nSPS) is 20.5. The molecule has 1 aromatic rings. The molecule has 3 amide bonds. The van der Waals surface area contributed by atoms with E-state index in [0.29, 0.717) is 37.6 Å². The second-order valence-electron chi connectivity index (χ2n) is 12.4. The molecular weight excluding hydrogens is 543 g/mol. The van der Waals surface area contributed by atoms with Crippen LogP contribution in [0.25, 0.3) is 0 Å². The summed E-state index contributed by atoms with van der Waals surface area (Å²) in [6.07, 6.45) is 10.9. The highest BCUT2D eigenvalue weighted by molar-refractivity contribution is 6.30. The zero-order chi connectivity index (χ0) is 29.8. The van der Waals surface area contributed by atoms with Crippen LogP contribution in [-0.4, -0.2) is 63.3 Å². The molecule has 1 aromatic carbocycles. The van der Waals surface area contributed by atoms with Gasteiger partial charge >= 0.3 is 6.03 Å². The number of benzene rings is 1. The number of nitrogens with one attached hydrogen (secondary N) is 3. The first-order chi connectivity index (χ1) is 19.7. The molecule has 1 saturated heterocycles. The molecule has 2 fully saturated rings. The van der Waals surface area contributed by atoms with Crippen LogP contribution in [0.3, 0.4) is 0 Å². The van der Waals surface area contributed by atoms with Gasteiger partial charge in [0.25, 0.3) is 0 Å². The summed E-state index contributed by atoms with van der Waals surface area (Å²) in [6, 6.07) is 4.99. The summed E-state index contributed by atoms with van der Waals surface area (Å²) in [5.41, 5.74) is -0.607. The number of hydrogen-bond donors (Lipinski definition) is 3. The summed E-state index contributed by atoms with van der Waals surface area (Å²) in [6.45, 7) is 6.05. The molecule has 1 aliphatic heterocycles. The highest BCUT2D eigenvalue weighted by Crippen LogP contribution is 2.42. The Hall–Kier alpha value is -1.90. The number of carbonyl (C=O) groups excluding carboxylic acids is 2. The third kappa shape index (κ3) is 9.29. The van der Waals surface area contributed by atoms with Gasteiger partial charge in [0.05, 0.1) is 10.6 Å². The Morgan fingerprint density at radius 1 is 1.15 bits per heavy atom. The van der Waals surface area contributed by atoms with Gasteiger partial charge in [-0.1, -0.05) is 69.7 Å². The zero-order valence-electron chi connectivity index (χ0n) is 25.6. The lowest BCUT2D eigenvalue weighted by Crippen LogP contribution is -2.59. The maximum atomic E-state index is 15.8. The Morgan fingerprint density at radius 3 is 2.59 bits per heavy atom. The van der Waals surface area contributed by atoms with Crippen molar-refractivity contribution in [1.29, 1.82) is 0 Å². The molecule has 9 heteroatoms. The number of hydrogen-bond acceptors (Lipinski definition) is 4. The topological polar surface area (TPSA) is 82.7 Å². The van der Waals surface area contributed by atoms with E-state index in [-0.39, 0.29) is 34.8 Å². The summed E-state index contributed by atoms with van der Waals surface area (Å²) in [4.78, 5) is 28.8. The van der Waals surface area contributed by atoms with Gasteiger partial charge in [0.15, 0.2) is 0 Å². The average molecular weight is 595 g/mol. The number of nitrogens with zero attached hydrogens (tertiary/aromatic N) is 1. The van der Waals surface area contributed by atoms with Crippen molar-refractivity contribution in [2.45, 2.75) is 96.1 Å². The maximum Gasteiger partial charge on any atom is 0.317 e. The smallest absolute Gasteiger partial charge is 0.317 e. The molecule has 0 unspecified atom stereocenters. The number of carbonyl (C=O) groups is 2. The van der Waals surface area contributed by atoms with Crippen LogP contribution in [0, 0.1) is 23.6 Å². The molecule has 2 aliphatic rings. The standard InChI is InChI=1S/C32H52ClFN4O3/c1-23(2)30(39)37-32(17-8-9-19-41-4,27-15-10-16-28(33)29(27)34)25-14-11-18-38(22-25)31(40)36-26(21-35-3)20-24-12-6-5-7-13-24/h10,15-16,23-26,35H,5-9,11-14,17-22H2,1-4H3,(H,36,40)(H,37,39)/t25-,26+,32-/m1/s1. The quantitative estimate of drug-likeness (QED) is 0.223. The van der Waals surface area contributed by atoms with Crippen LogP contribution in [0.2, 0.25) is 5.02 Å². The third-order valence-electron chi connectivity index (χ3n) is 9.00. The lowest BCUT2D eigenvalue weighted by Gasteiger charge is -2.47. The fourth-order valence-corrected chi connectivity index (χ4v) is 6.92. The highest BCUT2D eigenvalue weighted by Gasteiger charge is 2.46. The van der Waals surface area contributed by atoms with Gasteiger partial charge < -0.3 is 25.6 Å². The minimum absolute atomic E-state index is 0.0330. The number of ether oxygens (including phenoxy) is 1. The van der Waals surface area contributed by atoms with Crippen LogP contribution in [0.1, 0.15) is 90.0 Å². The first-order valence-electron chi connectivity index (χ1n) is 15.7. The fourth-order valence-electron chi connectivity index (χ4n) is 6.75. The third-order valence-corrected chi connectivity index (χ3v) is 9.29. The fraction of sp³-hybridized carbons (Fsp3) is 0.750. The van der Waals surface area contributed by atoms with Crippen LogP contribution in [0.15, 0.2) is 18.2 Å². The van der Waals surface area contributed by atoms with Crippen molar-refractivity contribution in [3.8, 4) is 0 Å². The molecule has 7 nitrogen and oxygen atoms in total. The Morgan fingerprint density at radius 2 is 1.90 bits per heavy atom. The largest absolute Gasteiger partial charge is 0.385 e. The van der Waals surface area contributed by atoms with Gasteiger partial charge in [0, 0.05) is 56.8 Å². The molecule has 3 N–H and O–H groups in total. The minimum atomic E-state index is -1.00. The number of amides is 3. The molecule has 0 aromatic heterocycles. The number of methoxy groups -OCH3 is 1. The second kappa shape index (κ2) is 16.7. The van der Waals surface area contributed by atoms with Gasteiger partial charge in [-0.25, -0.2) is 9.18 Å². The van der Waals surface area contributed by atoms with Crippen molar-refractivity contribution in [3.05, 3.63) is 34.6 Å². The maximum absolute atomic E-state index is 15.8. The minimum Gasteiger partial charge on any atom is -0.385 e. The van der Waals surface area contributed by atoms with Crippen LogP contribution in [0.5, 0.6) is 0 Å². The second-order valence-corrected chi connectivity index (χ2v) is 12.8.